The van der Waals surface area contributed by atoms with Gasteiger partial charge < -0.3 is 19.9 Å². The summed E-state index contributed by atoms with van der Waals surface area (Å²) in [6, 6.07) is 10.9. The molecule has 0 aliphatic carbocycles. The maximum absolute atomic E-state index is 14.0. The molecule has 0 spiro atoms. The molecule has 0 radical (unpaired) electrons. The third kappa shape index (κ3) is 3.87. The van der Waals surface area contributed by atoms with Crippen molar-refractivity contribution < 1.29 is 23.1 Å². The van der Waals surface area contributed by atoms with E-state index in [9.17, 15) is 18.4 Å². The summed E-state index contributed by atoms with van der Waals surface area (Å²) in [5.41, 5.74) is 2.13. The number of ether oxygens (including phenoxy) is 1. The van der Waals surface area contributed by atoms with Crippen LogP contribution in [-0.2, 0) is 9.53 Å². The zero-order valence-electron chi connectivity index (χ0n) is 16.9. The fourth-order valence-corrected chi connectivity index (χ4v) is 4.58. The summed E-state index contributed by atoms with van der Waals surface area (Å²) in [5, 5.41) is 2.91. The lowest BCUT2D eigenvalue weighted by Gasteiger charge is -2.46. The van der Waals surface area contributed by atoms with Gasteiger partial charge in [-0.05, 0) is 29.7 Å². The summed E-state index contributed by atoms with van der Waals surface area (Å²) < 4.78 is 32.7. The summed E-state index contributed by atoms with van der Waals surface area (Å²) in [4.78, 5) is 28.0. The van der Waals surface area contributed by atoms with Crippen molar-refractivity contribution in [3.05, 3.63) is 59.7 Å². The van der Waals surface area contributed by atoms with E-state index in [2.05, 4.69) is 5.32 Å². The summed E-state index contributed by atoms with van der Waals surface area (Å²) in [6.07, 6.45) is 0.699. The number of likely N-dealkylation sites (tertiary alicyclic amines) is 2. The van der Waals surface area contributed by atoms with Gasteiger partial charge >= 0.3 is 6.03 Å². The van der Waals surface area contributed by atoms with Crippen molar-refractivity contribution >= 4 is 11.9 Å². The van der Waals surface area contributed by atoms with Gasteiger partial charge in [-0.3, -0.25) is 4.79 Å². The number of piperidine rings is 1. The Labute approximate surface area is 178 Å². The highest BCUT2D eigenvalue weighted by molar-refractivity contribution is 5.79. The predicted octanol–water partition coefficient (Wildman–Crippen LogP) is 2.74. The monoisotopic (exact) mass is 427 g/mol. The SMILES string of the molecule is O=C1CO[C@H]2CCN(C(=O)N3CC(c4ccc(-c5ccc(F)cc5F)cc4)C3)C[C@@H]2N1. The molecular formula is C23H23F2N3O3. The quantitative estimate of drug-likeness (QED) is 0.802. The lowest BCUT2D eigenvalue weighted by Crippen LogP contribution is -2.63. The molecule has 31 heavy (non-hydrogen) atoms. The molecular weight excluding hydrogens is 404 g/mol. The van der Waals surface area contributed by atoms with Gasteiger partial charge in [-0.1, -0.05) is 24.3 Å². The molecule has 3 saturated heterocycles. The van der Waals surface area contributed by atoms with Crippen LogP contribution in [0, 0.1) is 11.6 Å². The number of halogens is 2. The second-order valence-corrected chi connectivity index (χ2v) is 8.39. The number of urea groups is 1. The van der Waals surface area contributed by atoms with Gasteiger partial charge in [0.15, 0.2) is 0 Å². The molecule has 2 aromatic rings. The second kappa shape index (κ2) is 7.92. The molecule has 6 nitrogen and oxygen atoms in total. The topological polar surface area (TPSA) is 61.9 Å². The highest BCUT2D eigenvalue weighted by Crippen LogP contribution is 2.31. The van der Waals surface area contributed by atoms with E-state index >= 15 is 0 Å². The van der Waals surface area contributed by atoms with E-state index in [0.717, 1.165) is 18.1 Å². The molecule has 3 fully saturated rings. The molecule has 0 bridgehead atoms. The number of rotatable bonds is 2. The molecule has 2 atom stereocenters. The predicted molar refractivity (Wildman–Crippen MR) is 109 cm³/mol. The maximum Gasteiger partial charge on any atom is 0.320 e. The number of amides is 3. The maximum atomic E-state index is 14.0. The van der Waals surface area contributed by atoms with Crippen molar-refractivity contribution in [3.63, 3.8) is 0 Å². The summed E-state index contributed by atoms with van der Waals surface area (Å²) in [5.74, 6) is -1.09. The number of hydrogen-bond acceptors (Lipinski definition) is 3. The zero-order valence-corrected chi connectivity index (χ0v) is 16.9. The third-order valence-electron chi connectivity index (χ3n) is 6.37. The Morgan fingerprint density at radius 2 is 1.81 bits per heavy atom. The molecule has 0 saturated carbocycles. The number of hydrogen-bond donors (Lipinski definition) is 1. The number of fused-ring (bicyclic) bond motifs is 1. The average Bonchev–Trinajstić information content (AvgIpc) is 2.73. The van der Waals surface area contributed by atoms with Crippen molar-refractivity contribution in [2.75, 3.05) is 32.8 Å². The van der Waals surface area contributed by atoms with E-state index < -0.39 is 11.6 Å². The minimum Gasteiger partial charge on any atom is -0.366 e. The van der Waals surface area contributed by atoms with Gasteiger partial charge in [0.05, 0.1) is 12.1 Å². The number of nitrogens with zero attached hydrogens (tertiary/aromatic N) is 2. The number of carbonyl (C=O) groups is 2. The summed E-state index contributed by atoms with van der Waals surface area (Å²) >= 11 is 0. The lowest BCUT2D eigenvalue weighted by molar-refractivity contribution is -0.139. The Hall–Kier alpha value is -3.00. The smallest absolute Gasteiger partial charge is 0.320 e. The Bertz CT molecular complexity index is 1010. The van der Waals surface area contributed by atoms with E-state index in [4.69, 9.17) is 4.74 Å². The molecule has 3 aliphatic rings. The number of benzene rings is 2. The Kier molecular flexibility index (Phi) is 5.09. The summed E-state index contributed by atoms with van der Waals surface area (Å²) in [7, 11) is 0. The van der Waals surface area contributed by atoms with Gasteiger partial charge in [-0.15, -0.1) is 0 Å². The fourth-order valence-electron chi connectivity index (χ4n) is 4.58. The normalized spacial score (nSPS) is 23.7. The van der Waals surface area contributed by atoms with Crippen LogP contribution in [0.25, 0.3) is 11.1 Å². The van der Waals surface area contributed by atoms with E-state index in [-0.39, 0.29) is 36.6 Å². The van der Waals surface area contributed by atoms with Gasteiger partial charge in [0.2, 0.25) is 5.91 Å². The van der Waals surface area contributed by atoms with E-state index in [1.165, 1.54) is 12.1 Å². The van der Waals surface area contributed by atoms with Gasteiger partial charge in [0, 0.05) is 43.7 Å². The van der Waals surface area contributed by atoms with Crippen LogP contribution in [0.5, 0.6) is 0 Å². The Morgan fingerprint density at radius 1 is 1.03 bits per heavy atom. The van der Waals surface area contributed by atoms with Gasteiger partial charge in [0.1, 0.15) is 18.2 Å². The molecule has 162 valence electrons. The number of nitrogens with one attached hydrogen (secondary N) is 1. The van der Waals surface area contributed by atoms with Crippen molar-refractivity contribution in [3.8, 4) is 11.1 Å². The second-order valence-electron chi connectivity index (χ2n) is 8.39. The molecule has 3 heterocycles. The number of morpholine rings is 1. The minimum absolute atomic E-state index is 0.0143. The van der Waals surface area contributed by atoms with Crippen molar-refractivity contribution in [1.29, 1.82) is 0 Å². The van der Waals surface area contributed by atoms with Crippen LogP contribution in [-0.4, -0.2) is 66.7 Å². The van der Waals surface area contributed by atoms with Crippen LogP contribution in [0.1, 0.15) is 17.9 Å². The molecule has 8 heteroatoms. The number of carbonyl (C=O) groups excluding carboxylic acids is 2. The minimum atomic E-state index is -0.597. The lowest BCUT2D eigenvalue weighted by atomic mass is 9.90. The van der Waals surface area contributed by atoms with Gasteiger partial charge in [0.25, 0.3) is 0 Å². The van der Waals surface area contributed by atoms with E-state index in [1.54, 1.807) is 4.90 Å². The van der Waals surface area contributed by atoms with Crippen LogP contribution in [0.3, 0.4) is 0 Å². The third-order valence-corrected chi connectivity index (χ3v) is 6.37. The molecule has 1 N–H and O–H groups in total. The van der Waals surface area contributed by atoms with Crippen LogP contribution < -0.4 is 5.32 Å². The van der Waals surface area contributed by atoms with Crippen LogP contribution in [0.15, 0.2) is 42.5 Å². The largest absolute Gasteiger partial charge is 0.366 e. The van der Waals surface area contributed by atoms with Crippen LogP contribution >= 0.6 is 0 Å². The fraction of sp³-hybridized carbons (Fsp3) is 0.391. The zero-order chi connectivity index (χ0) is 21.5. The molecule has 3 amide bonds. The molecule has 0 aromatic heterocycles. The first-order chi connectivity index (χ1) is 15.0. The van der Waals surface area contributed by atoms with Gasteiger partial charge in [-0.2, -0.15) is 0 Å². The summed E-state index contributed by atoms with van der Waals surface area (Å²) in [6.45, 7) is 2.42. The van der Waals surface area contributed by atoms with Crippen LogP contribution in [0.4, 0.5) is 13.6 Å². The Morgan fingerprint density at radius 3 is 2.55 bits per heavy atom. The van der Waals surface area contributed by atoms with Crippen molar-refractivity contribution in [2.45, 2.75) is 24.5 Å². The molecule has 2 aromatic carbocycles. The van der Waals surface area contributed by atoms with E-state index in [1.807, 2.05) is 29.2 Å². The first-order valence-corrected chi connectivity index (χ1v) is 10.5. The Balaban J connectivity index is 1.18. The first kappa shape index (κ1) is 19.9. The molecule has 0 unspecified atom stereocenters. The standard InChI is InChI=1S/C23H23F2N3O3/c24-17-5-6-18(19(25)9-17)15-3-1-14(2-4-15)16-10-28(11-16)23(30)27-8-7-21-20(12-27)26-22(29)13-31-21/h1-6,9,16,20-21H,7-8,10-13H2,(H,26,29)/t20-,21-/m0/s1. The van der Waals surface area contributed by atoms with E-state index in [0.29, 0.717) is 37.3 Å². The molecule has 5 rings (SSSR count). The van der Waals surface area contributed by atoms with Crippen LogP contribution in [0.2, 0.25) is 0 Å². The van der Waals surface area contributed by atoms with Crippen molar-refractivity contribution in [1.82, 2.24) is 15.1 Å². The average molecular weight is 427 g/mol. The highest BCUT2D eigenvalue weighted by atomic mass is 19.1. The first-order valence-electron chi connectivity index (χ1n) is 10.5. The van der Waals surface area contributed by atoms with Crippen molar-refractivity contribution in [2.24, 2.45) is 0 Å². The van der Waals surface area contributed by atoms with Gasteiger partial charge in [-0.25, -0.2) is 13.6 Å². The molecule has 3 aliphatic heterocycles. The highest BCUT2D eigenvalue weighted by Gasteiger charge is 2.40.